The number of carboxylic acids is 1. The van der Waals surface area contributed by atoms with Gasteiger partial charge in [0.25, 0.3) is 0 Å². The van der Waals surface area contributed by atoms with E-state index < -0.39 is 35.8 Å². The molecule has 0 saturated heterocycles. The lowest BCUT2D eigenvalue weighted by atomic mass is 9.90. The molecule has 1 unspecified atom stereocenters. The smallest absolute Gasteiger partial charge is 0.344 e. The predicted octanol–water partition coefficient (Wildman–Crippen LogP) is 2.42. The fourth-order valence-electron chi connectivity index (χ4n) is 2.68. The molecule has 2 aromatic carbocycles. The Hall–Kier alpha value is -3.59. The van der Waals surface area contributed by atoms with Gasteiger partial charge in [0.15, 0.2) is 18.2 Å². The molecule has 0 radical (unpaired) electrons. The summed E-state index contributed by atoms with van der Waals surface area (Å²) in [5.74, 6) is -4.32. The standard InChI is InChI=1S/C22H21NO7S/c1-2-29-19(25)12-30-16-9-7-13(8-10-16)18(24)11-17(22(27)28)20(26)14-3-5-15(6-4-14)21(23)31/h3-10,17H,2,11-12H2,1H3,(H2,23,31)(H,27,28). The number of ketones is 2. The maximum absolute atomic E-state index is 12.6. The first kappa shape index (κ1) is 23.7. The lowest BCUT2D eigenvalue weighted by molar-refractivity contribution is -0.145. The average molecular weight is 443 g/mol. The van der Waals surface area contributed by atoms with Crippen LogP contribution in [-0.2, 0) is 14.3 Å². The van der Waals surface area contributed by atoms with E-state index in [9.17, 15) is 24.3 Å². The Balaban J connectivity index is 2.06. The maximum Gasteiger partial charge on any atom is 0.344 e. The molecule has 3 N–H and O–H groups in total. The maximum atomic E-state index is 12.6. The quantitative estimate of drug-likeness (QED) is 0.232. The molecular formula is C22H21NO7S. The van der Waals surface area contributed by atoms with Crippen LogP contribution in [0.1, 0.15) is 39.6 Å². The van der Waals surface area contributed by atoms with Gasteiger partial charge in [-0.1, -0.05) is 36.5 Å². The highest BCUT2D eigenvalue weighted by molar-refractivity contribution is 7.80. The van der Waals surface area contributed by atoms with Crippen LogP contribution in [0, 0.1) is 5.92 Å². The van der Waals surface area contributed by atoms with Gasteiger partial charge in [0.05, 0.1) is 6.61 Å². The first-order valence-corrected chi connectivity index (χ1v) is 9.72. The zero-order chi connectivity index (χ0) is 23.0. The summed E-state index contributed by atoms with van der Waals surface area (Å²) < 4.78 is 10.00. The molecule has 9 heteroatoms. The van der Waals surface area contributed by atoms with Gasteiger partial charge in [0.1, 0.15) is 16.7 Å². The molecule has 0 aliphatic heterocycles. The number of nitrogens with two attached hydrogens (primary N) is 1. The van der Waals surface area contributed by atoms with Gasteiger partial charge in [-0.3, -0.25) is 14.4 Å². The Morgan fingerprint density at radius 2 is 1.52 bits per heavy atom. The summed E-state index contributed by atoms with van der Waals surface area (Å²) in [6, 6.07) is 11.7. The second kappa shape index (κ2) is 11.0. The van der Waals surface area contributed by atoms with Crippen LogP contribution >= 0.6 is 12.2 Å². The third-order valence-corrected chi connectivity index (χ3v) is 4.53. The van der Waals surface area contributed by atoms with Crippen molar-refractivity contribution in [3.63, 3.8) is 0 Å². The summed E-state index contributed by atoms with van der Waals surface area (Å²) in [5, 5.41) is 9.48. The van der Waals surface area contributed by atoms with Crippen LogP contribution < -0.4 is 10.5 Å². The van der Waals surface area contributed by atoms with Crippen LogP contribution in [-0.4, -0.2) is 46.8 Å². The fourth-order valence-corrected chi connectivity index (χ4v) is 2.81. The van der Waals surface area contributed by atoms with Gasteiger partial charge in [-0.15, -0.1) is 0 Å². The molecule has 2 aromatic rings. The summed E-state index contributed by atoms with van der Waals surface area (Å²) in [7, 11) is 0. The summed E-state index contributed by atoms with van der Waals surface area (Å²) in [5.41, 5.74) is 6.41. The molecule has 0 bridgehead atoms. The van der Waals surface area contributed by atoms with E-state index in [-0.39, 0.29) is 29.3 Å². The largest absolute Gasteiger partial charge is 0.482 e. The number of ether oxygens (including phenoxy) is 2. The molecule has 0 spiro atoms. The van der Waals surface area contributed by atoms with Crippen molar-refractivity contribution >= 4 is 40.7 Å². The number of Topliss-reactive ketones (excluding diaryl/α,β-unsaturated/α-hetero) is 2. The first-order chi connectivity index (χ1) is 14.7. The van der Waals surface area contributed by atoms with E-state index >= 15 is 0 Å². The van der Waals surface area contributed by atoms with Crippen LogP contribution in [0.4, 0.5) is 0 Å². The molecule has 0 aliphatic carbocycles. The molecule has 8 nitrogen and oxygen atoms in total. The van der Waals surface area contributed by atoms with Crippen LogP contribution in [0.25, 0.3) is 0 Å². The Labute approximate surface area is 184 Å². The van der Waals surface area contributed by atoms with Crippen molar-refractivity contribution in [2.45, 2.75) is 13.3 Å². The number of hydrogen-bond acceptors (Lipinski definition) is 7. The second-order valence-electron chi connectivity index (χ2n) is 6.44. The summed E-state index contributed by atoms with van der Waals surface area (Å²) in [4.78, 5) is 48.3. The van der Waals surface area contributed by atoms with Crippen molar-refractivity contribution in [2.24, 2.45) is 11.7 Å². The minimum Gasteiger partial charge on any atom is -0.482 e. The number of carboxylic acid groups (broad SMARTS) is 1. The Bertz CT molecular complexity index is 984. The zero-order valence-electron chi connectivity index (χ0n) is 16.7. The highest BCUT2D eigenvalue weighted by Gasteiger charge is 2.30. The summed E-state index contributed by atoms with van der Waals surface area (Å²) in [6.45, 7) is 1.64. The molecule has 0 aromatic heterocycles. The first-order valence-electron chi connectivity index (χ1n) is 9.31. The van der Waals surface area contributed by atoms with Crippen LogP contribution in [0.5, 0.6) is 5.75 Å². The molecule has 2 rings (SSSR count). The van der Waals surface area contributed by atoms with Gasteiger partial charge in [-0.05, 0) is 31.2 Å². The number of benzene rings is 2. The SMILES string of the molecule is CCOC(=O)COc1ccc(C(=O)CC(C(=O)O)C(=O)c2ccc(C(N)=S)cc2)cc1. The van der Waals surface area contributed by atoms with E-state index in [4.69, 9.17) is 27.4 Å². The lowest BCUT2D eigenvalue weighted by Crippen LogP contribution is -2.27. The average Bonchev–Trinajstić information content (AvgIpc) is 2.75. The van der Waals surface area contributed by atoms with Crippen molar-refractivity contribution in [3.05, 3.63) is 65.2 Å². The van der Waals surface area contributed by atoms with E-state index in [1.54, 1.807) is 6.92 Å². The van der Waals surface area contributed by atoms with Crippen molar-refractivity contribution in [1.82, 2.24) is 0 Å². The molecule has 0 fully saturated rings. The van der Waals surface area contributed by atoms with Crippen molar-refractivity contribution in [2.75, 3.05) is 13.2 Å². The zero-order valence-corrected chi connectivity index (χ0v) is 17.5. The Morgan fingerprint density at radius 1 is 0.968 bits per heavy atom. The summed E-state index contributed by atoms with van der Waals surface area (Å²) in [6.07, 6.45) is -0.506. The number of hydrogen-bond donors (Lipinski definition) is 2. The highest BCUT2D eigenvalue weighted by atomic mass is 32.1. The third-order valence-electron chi connectivity index (χ3n) is 4.30. The normalized spacial score (nSPS) is 11.3. The number of rotatable bonds is 11. The molecule has 0 amide bonds. The minimum atomic E-state index is -1.54. The van der Waals surface area contributed by atoms with E-state index in [2.05, 4.69) is 0 Å². The number of thiocarbonyl (C=S) groups is 1. The molecule has 0 saturated carbocycles. The van der Waals surface area contributed by atoms with E-state index in [1.165, 1.54) is 48.5 Å². The van der Waals surface area contributed by atoms with Gasteiger partial charge in [0, 0.05) is 23.1 Å². The molecule has 0 heterocycles. The molecule has 31 heavy (non-hydrogen) atoms. The van der Waals surface area contributed by atoms with Crippen LogP contribution in [0.3, 0.4) is 0 Å². The third kappa shape index (κ3) is 6.71. The van der Waals surface area contributed by atoms with E-state index in [0.29, 0.717) is 11.3 Å². The fraction of sp³-hybridized carbons (Fsp3) is 0.227. The van der Waals surface area contributed by atoms with E-state index in [0.717, 1.165) is 0 Å². The van der Waals surface area contributed by atoms with E-state index in [1.807, 2.05) is 0 Å². The Morgan fingerprint density at radius 3 is 2.03 bits per heavy atom. The Kier molecular flexibility index (Phi) is 8.39. The molecule has 1 atom stereocenters. The lowest BCUT2D eigenvalue weighted by Gasteiger charge is -2.12. The monoisotopic (exact) mass is 443 g/mol. The number of carbonyl (C=O) groups excluding carboxylic acids is 3. The molecule has 162 valence electrons. The summed E-state index contributed by atoms with van der Waals surface area (Å²) >= 11 is 4.85. The molecular weight excluding hydrogens is 422 g/mol. The minimum absolute atomic E-state index is 0.142. The van der Waals surface area contributed by atoms with Gasteiger partial charge in [-0.2, -0.15) is 0 Å². The number of carbonyl (C=O) groups is 4. The highest BCUT2D eigenvalue weighted by Crippen LogP contribution is 2.19. The van der Waals surface area contributed by atoms with Crippen molar-refractivity contribution < 1.29 is 33.8 Å². The van der Waals surface area contributed by atoms with Gasteiger partial charge >= 0.3 is 11.9 Å². The van der Waals surface area contributed by atoms with Crippen molar-refractivity contribution in [1.29, 1.82) is 0 Å². The van der Waals surface area contributed by atoms with Gasteiger partial charge < -0.3 is 20.3 Å². The van der Waals surface area contributed by atoms with Gasteiger partial charge in [-0.25, -0.2) is 4.79 Å². The van der Waals surface area contributed by atoms with Crippen molar-refractivity contribution in [3.8, 4) is 5.75 Å². The number of aliphatic carboxylic acids is 1. The number of esters is 1. The topological polar surface area (TPSA) is 133 Å². The second-order valence-corrected chi connectivity index (χ2v) is 6.88. The molecule has 0 aliphatic rings. The van der Waals surface area contributed by atoms with Crippen LogP contribution in [0.2, 0.25) is 0 Å². The van der Waals surface area contributed by atoms with Gasteiger partial charge in [0.2, 0.25) is 0 Å². The van der Waals surface area contributed by atoms with Crippen LogP contribution in [0.15, 0.2) is 48.5 Å². The predicted molar refractivity (Wildman–Crippen MR) is 115 cm³/mol.